The SMILES string of the molecule is COCCNCC(=O)N1CC[C@@H](OC)C1.Cl. The molecule has 1 N–H and O–H groups in total. The molecule has 0 aliphatic carbocycles. The molecule has 5 nitrogen and oxygen atoms in total. The summed E-state index contributed by atoms with van der Waals surface area (Å²) >= 11 is 0. The second-order valence-corrected chi connectivity index (χ2v) is 3.66. The van der Waals surface area contributed by atoms with Crippen LogP contribution in [0, 0.1) is 0 Å². The van der Waals surface area contributed by atoms with Crippen LogP contribution >= 0.6 is 12.4 Å². The van der Waals surface area contributed by atoms with Crippen LogP contribution < -0.4 is 5.32 Å². The maximum Gasteiger partial charge on any atom is 0.236 e. The quantitative estimate of drug-likeness (QED) is 0.671. The topological polar surface area (TPSA) is 50.8 Å². The van der Waals surface area contributed by atoms with Gasteiger partial charge in [-0.1, -0.05) is 0 Å². The van der Waals surface area contributed by atoms with Crippen LogP contribution in [0.25, 0.3) is 0 Å². The summed E-state index contributed by atoms with van der Waals surface area (Å²) in [6.45, 7) is 3.27. The van der Waals surface area contributed by atoms with Crippen LogP contribution in [0.1, 0.15) is 6.42 Å². The first-order valence-electron chi connectivity index (χ1n) is 5.28. The molecule has 0 aromatic rings. The van der Waals surface area contributed by atoms with Crippen molar-refractivity contribution in [2.24, 2.45) is 0 Å². The van der Waals surface area contributed by atoms with Gasteiger partial charge in [-0.3, -0.25) is 4.79 Å². The molecule has 16 heavy (non-hydrogen) atoms. The smallest absolute Gasteiger partial charge is 0.236 e. The van der Waals surface area contributed by atoms with E-state index in [1.54, 1.807) is 14.2 Å². The van der Waals surface area contributed by atoms with Crippen molar-refractivity contribution in [1.82, 2.24) is 10.2 Å². The van der Waals surface area contributed by atoms with E-state index in [1.807, 2.05) is 4.90 Å². The number of hydrogen-bond acceptors (Lipinski definition) is 4. The number of likely N-dealkylation sites (tertiary alicyclic amines) is 1. The Kier molecular flexibility index (Phi) is 8.56. The Labute approximate surface area is 103 Å². The van der Waals surface area contributed by atoms with E-state index in [0.717, 1.165) is 19.5 Å². The minimum Gasteiger partial charge on any atom is -0.383 e. The molecule has 0 aromatic carbocycles. The number of nitrogens with zero attached hydrogens (tertiary/aromatic N) is 1. The number of carbonyl (C=O) groups is 1. The van der Waals surface area contributed by atoms with Crippen molar-refractivity contribution in [2.45, 2.75) is 12.5 Å². The highest BCUT2D eigenvalue weighted by Gasteiger charge is 2.25. The first-order chi connectivity index (χ1) is 7.27. The zero-order chi connectivity index (χ0) is 11.1. The largest absolute Gasteiger partial charge is 0.383 e. The monoisotopic (exact) mass is 252 g/mol. The van der Waals surface area contributed by atoms with Gasteiger partial charge in [-0.15, -0.1) is 12.4 Å². The molecule has 0 radical (unpaired) electrons. The number of hydrogen-bond donors (Lipinski definition) is 1. The summed E-state index contributed by atoms with van der Waals surface area (Å²) in [7, 11) is 3.34. The van der Waals surface area contributed by atoms with E-state index < -0.39 is 0 Å². The van der Waals surface area contributed by atoms with Gasteiger partial charge in [0.05, 0.1) is 19.3 Å². The second kappa shape index (κ2) is 8.75. The zero-order valence-corrected chi connectivity index (χ0v) is 10.7. The summed E-state index contributed by atoms with van der Waals surface area (Å²) in [6, 6.07) is 0. The van der Waals surface area contributed by atoms with Crippen molar-refractivity contribution >= 4 is 18.3 Å². The molecule has 6 heteroatoms. The Morgan fingerprint density at radius 3 is 2.81 bits per heavy atom. The maximum absolute atomic E-state index is 11.6. The van der Waals surface area contributed by atoms with E-state index >= 15 is 0 Å². The second-order valence-electron chi connectivity index (χ2n) is 3.66. The van der Waals surface area contributed by atoms with Crippen molar-refractivity contribution in [2.75, 3.05) is 47.0 Å². The predicted octanol–water partition coefficient (Wildman–Crippen LogP) is -0.108. The highest BCUT2D eigenvalue weighted by Crippen LogP contribution is 2.11. The number of methoxy groups -OCH3 is 2. The average molecular weight is 253 g/mol. The third-order valence-corrected chi connectivity index (χ3v) is 2.59. The van der Waals surface area contributed by atoms with Gasteiger partial charge < -0.3 is 19.7 Å². The van der Waals surface area contributed by atoms with E-state index in [2.05, 4.69) is 5.32 Å². The molecule has 1 atom stereocenters. The van der Waals surface area contributed by atoms with Crippen LogP contribution in [0.3, 0.4) is 0 Å². The van der Waals surface area contributed by atoms with Gasteiger partial charge in [0.25, 0.3) is 0 Å². The fourth-order valence-electron chi connectivity index (χ4n) is 1.63. The summed E-state index contributed by atoms with van der Waals surface area (Å²) in [5.74, 6) is 0.144. The number of amides is 1. The fourth-order valence-corrected chi connectivity index (χ4v) is 1.63. The fraction of sp³-hybridized carbons (Fsp3) is 0.900. The Bertz CT molecular complexity index is 205. The van der Waals surface area contributed by atoms with E-state index in [1.165, 1.54) is 0 Å². The van der Waals surface area contributed by atoms with Crippen molar-refractivity contribution in [3.05, 3.63) is 0 Å². The lowest BCUT2D eigenvalue weighted by Crippen LogP contribution is -2.38. The molecule has 1 amide bonds. The number of nitrogens with one attached hydrogen (secondary N) is 1. The van der Waals surface area contributed by atoms with Crippen LogP contribution in [0.15, 0.2) is 0 Å². The Morgan fingerprint density at radius 2 is 2.25 bits per heavy atom. The van der Waals surface area contributed by atoms with Gasteiger partial charge in [-0.25, -0.2) is 0 Å². The number of halogens is 1. The first-order valence-corrected chi connectivity index (χ1v) is 5.28. The van der Waals surface area contributed by atoms with Crippen LogP contribution in [0.4, 0.5) is 0 Å². The first kappa shape index (κ1) is 15.6. The summed E-state index contributed by atoms with van der Waals surface area (Å²) in [5, 5.41) is 3.04. The lowest BCUT2D eigenvalue weighted by atomic mass is 10.3. The van der Waals surface area contributed by atoms with Gasteiger partial charge >= 0.3 is 0 Å². The van der Waals surface area contributed by atoms with Gasteiger partial charge in [0.15, 0.2) is 0 Å². The van der Waals surface area contributed by atoms with Crippen molar-refractivity contribution in [1.29, 1.82) is 0 Å². The van der Waals surface area contributed by atoms with Gasteiger partial charge in [-0.05, 0) is 6.42 Å². The Morgan fingerprint density at radius 1 is 1.50 bits per heavy atom. The van der Waals surface area contributed by atoms with Crippen molar-refractivity contribution < 1.29 is 14.3 Å². The van der Waals surface area contributed by atoms with Gasteiger partial charge in [-0.2, -0.15) is 0 Å². The normalized spacial score (nSPS) is 19.6. The molecule has 1 aliphatic heterocycles. The Hall–Kier alpha value is -0.360. The van der Waals surface area contributed by atoms with Crippen LogP contribution in [-0.2, 0) is 14.3 Å². The highest BCUT2D eigenvalue weighted by atomic mass is 35.5. The number of rotatable bonds is 6. The molecule has 0 bridgehead atoms. The van der Waals surface area contributed by atoms with Crippen LogP contribution in [0.5, 0.6) is 0 Å². The Balaban J connectivity index is 0.00000225. The van der Waals surface area contributed by atoms with Crippen LogP contribution in [-0.4, -0.2) is 63.9 Å². The van der Waals surface area contributed by atoms with Gasteiger partial charge in [0.1, 0.15) is 0 Å². The molecule has 1 rings (SSSR count). The number of carbonyl (C=O) groups excluding carboxylic acids is 1. The third kappa shape index (κ3) is 5.12. The molecule has 96 valence electrons. The molecule has 0 spiro atoms. The molecular weight excluding hydrogens is 232 g/mol. The summed E-state index contributed by atoms with van der Waals surface area (Å²) < 4.78 is 10.1. The summed E-state index contributed by atoms with van der Waals surface area (Å²) in [6.07, 6.45) is 1.16. The van der Waals surface area contributed by atoms with Gasteiger partial charge in [0, 0.05) is 33.9 Å². The minimum atomic E-state index is 0. The van der Waals surface area contributed by atoms with E-state index in [-0.39, 0.29) is 24.4 Å². The molecule has 1 saturated heterocycles. The molecule has 1 fully saturated rings. The molecule has 0 unspecified atom stereocenters. The lowest BCUT2D eigenvalue weighted by molar-refractivity contribution is -0.129. The summed E-state index contributed by atoms with van der Waals surface area (Å²) in [4.78, 5) is 13.5. The lowest BCUT2D eigenvalue weighted by Gasteiger charge is -2.16. The molecule has 0 aromatic heterocycles. The van der Waals surface area contributed by atoms with Crippen LogP contribution in [0.2, 0.25) is 0 Å². The van der Waals surface area contributed by atoms with Crippen molar-refractivity contribution in [3.8, 4) is 0 Å². The van der Waals surface area contributed by atoms with E-state index in [0.29, 0.717) is 19.7 Å². The predicted molar refractivity (Wildman–Crippen MR) is 64.0 cm³/mol. The molecule has 1 heterocycles. The summed E-state index contributed by atoms with van der Waals surface area (Å²) in [5.41, 5.74) is 0. The van der Waals surface area contributed by atoms with Gasteiger partial charge in [0.2, 0.25) is 5.91 Å². The van der Waals surface area contributed by atoms with E-state index in [4.69, 9.17) is 9.47 Å². The molecular formula is C10H21ClN2O3. The molecule has 1 aliphatic rings. The zero-order valence-electron chi connectivity index (χ0n) is 9.90. The van der Waals surface area contributed by atoms with Crippen molar-refractivity contribution in [3.63, 3.8) is 0 Å². The number of ether oxygens (including phenoxy) is 2. The highest BCUT2D eigenvalue weighted by molar-refractivity contribution is 5.85. The standard InChI is InChI=1S/C10H20N2O3.ClH/c1-14-6-4-11-7-10(13)12-5-3-9(8-12)15-2;/h9,11H,3-8H2,1-2H3;1H/t9-;/m1./s1. The third-order valence-electron chi connectivity index (χ3n) is 2.59. The van der Waals surface area contributed by atoms with E-state index in [9.17, 15) is 4.79 Å². The average Bonchev–Trinajstić information content (AvgIpc) is 2.72. The minimum absolute atomic E-state index is 0. The maximum atomic E-state index is 11.6. The molecule has 0 saturated carbocycles.